The van der Waals surface area contributed by atoms with Crippen molar-refractivity contribution in [2.75, 3.05) is 11.9 Å². The van der Waals surface area contributed by atoms with Crippen molar-refractivity contribution in [3.05, 3.63) is 45.0 Å². The highest BCUT2D eigenvalue weighted by molar-refractivity contribution is 5.95. The molecule has 3 atom stereocenters. The van der Waals surface area contributed by atoms with Gasteiger partial charge in [-0.25, -0.2) is 4.68 Å². The highest BCUT2D eigenvalue weighted by Crippen LogP contribution is 2.42. The van der Waals surface area contributed by atoms with Gasteiger partial charge in [0, 0.05) is 24.3 Å². The summed E-state index contributed by atoms with van der Waals surface area (Å²) >= 11 is 0. The standard InChI is InChI=1S/C21H26F3N5O2/c1-4-13-9-16(21(22,23)24)29-17(26-13)10-14(27-29)15-6-5-7-28(15)20(31)18-11(2)8-12(3)25-19(18)30/h8,10,13,15-16,26H,4-7,9H2,1-3H3,(H,25,30)/t13-,15-,16-/m1/s1. The van der Waals surface area contributed by atoms with Gasteiger partial charge >= 0.3 is 6.18 Å². The van der Waals surface area contributed by atoms with Gasteiger partial charge in [-0.15, -0.1) is 0 Å². The van der Waals surface area contributed by atoms with Gasteiger partial charge in [-0.1, -0.05) is 6.92 Å². The monoisotopic (exact) mass is 437 g/mol. The fourth-order valence-corrected chi connectivity index (χ4v) is 4.68. The number of rotatable bonds is 3. The molecule has 31 heavy (non-hydrogen) atoms. The Morgan fingerprint density at radius 3 is 2.68 bits per heavy atom. The van der Waals surface area contributed by atoms with Crippen LogP contribution >= 0.6 is 0 Å². The number of pyridine rings is 1. The summed E-state index contributed by atoms with van der Waals surface area (Å²) in [6.07, 6.45) is -2.66. The molecule has 4 rings (SSSR count). The number of nitrogens with zero attached hydrogens (tertiary/aromatic N) is 3. The zero-order chi connectivity index (χ0) is 22.5. The Bertz CT molecular complexity index is 1060. The van der Waals surface area contributed by atoms with Crippen LogP contribution in [-0.4, -0.2) is 44.3 Å². The van der Waals surface area contributed by atoms with Crippen LogP contribution < -0.4 is 10.9 Å². The van der Waals surface area contributed by atoms with Crippen molar-refractivity contribution in [1.29, 1.82) is 0 Å². The maximum atomic E-state index is 13.7. The molecule has 168 valence electrons. The van der Waals surface area contributed by atoms with E-state index in [0.29, 0.717) is 48.6 Å². The first-order chi connectivity index (χ1) is 14.6. The molecule has 2 N–H and O–H groups in total. The first-order valence-corrected chi connectivity index (χ1v) is 10.5. The number of nitrogens with one attached hydrogen (secondary N) is 2. The number of hydrogen-bond acceptors (Lipinski definition) is 4. The maximum Gasteiger partial charge on any atom is 0.410 e. The molecule has 7 nitrogen and oxygen atoms in total. The van der Waals surface area contributed by atoms with Crippen LogP contribution in [0.15, 0.2) is 16.9 Å². The number of aromatic nitrogens is 3. The third kappa shape index (κ3) is 3.83. The maximum absolute atomic E-state index is 13.7. The van der Waals surface area contributed by atoms with Gasteiger partial charge in [0.15, 0.2) is 6.04 Å². The Morgan fingerprint density at radius 1 is 1.29 bits per heavy atom. The predicted octanol–water partition coefficient (Wildman–Crippen LogP) is 3.86. The van der Waals surface area contributed by atoms with Crippen LogP contribution in [0.2, 0.25) is 0 Å². The second-order valence-electron chi connectivity index (χ2n) is 8.44. The van der Waals surface area contributed by atoms with Gasteiger partial charge in [0.25, 0.3) is 11.5 Å². The molecule has 1 amide bonds. The van der Waals surface area contributed by atoms with Gasteiger partial charge in [0.2, 0.25) is 0 Å². The lowest BCUT2D eigenvalue weighted by Crippen LogP contribution is -2.39. The van der Waals surface area contributed by atoms with Crippen molar-refractivity contribution in [2.24, 2.45) is 0 Å². The third-order valence-electron chi connectivity index (χ3n) is 6.21. The number of alkyl halides is 3. The second-order valence-corrected chi connectivity index (χ2v) is 8.44. The van der Waals surface area contributed by atoms with Gasteiger partial charge in [-0.05, 0) is 51.2 Å². The molecule has 1 saturated heterocycles. The first kappa shape index (κ1) is 21.5. The zero-order valence-electron chi connectivity index (χ0n) is 17.7. The minimum Gasteiger partial charge on any atom is -0.367 e. The number of halogens is 3. The van der Waals surface area contributed by atoms with E-state index in [1.807, 2.05) is 6.92 Å². The van der Waals surface area contributed by atoms with E-state index in [-0.39, 0.29) is 18.0 Å². The summed E-state index contributed by atoms with van der Waals surface area (Å²) in [5.41, 5.74) is 1.26. The number of likely N-dealkylation sites (tertiary alicyclic amines) is 1. The Morgan fingerprint density at radius 2 is 2.03 bits per heavy atom. The molecule has 4 heterocycles. The van der Waals surface area contributed by atoms with Crippen molar-refractivity contribution < 1.29 is 18.0 Å². The molecule has 0 aromatic carbocycles. The molecule has 0 spiro atoms. The lowest BCUT2D eigenvalue weighted by molar-refractivity contribution is -0.173. The van der Waals surface area contributed by atoms with Gasteiger partial charge in [-0.2, -0.15) is 18.3 Å². The van der Waals surface area contributed by atoms with Crippen molar-refractivity contribution in [1.82, 2.24) is 19.7 Å². The van der Waals surface area contributed by atoms with Crippen molar-refractivity contribution >= 4 is 11.7 Å². The number of hydrogen-bond donors (Lipinski definition) is 2. The molecule has 0 saturated carbocycles. The summed E-state index contributed by atoms with van der Waals surface area (Å²) in [6.45, 7) is 5.71. The van der Waals surface area contributed by atoms with Crippen molar-refractivity contribution in [2.45, 2.75) is 70.8 Å². The molecule has 1 fully saturated rings. The van der Waals surface area contributed by atoms with Gasteiger partial charge in [0.1, 0.15) is 11.4 Å². The Labute approximate surface area is 177 Å². The highest BCUT2D eigenvalue weighted by Gasteiger charge is 2.46. The average Bonchev–Trinajstić information content (AvgIpc) is 3.31. The number of carbonyl (C=O) groups excluding carboxylic acids is 1. The Hall–Kier alpha value is -2.78. The summed E-state index contributed by atoms with van der Waals surface area (Å²) in [5.74, 6) is -0.0990. The molecule has 0 unspecified atom stereocenters. The molecule has 2 aliphatic rings. The van der Waals surface area contributed by atoms with Crippen LogP contribution in [0, 0.1) is 13.8 Å². The predicted molar refractivity (Wildman–Crippen MR) is 109 cm³/mol. The van der Waals surface area contributed by atoms with Gasteiger partial charge in [0.05, 0.1) is 11.7 Å². The molecule has 0 bridgehead atoms. The fourth-order valence-electron chi connectivity index (χ4n) is 4.68. The van der Waals surface area contributed by atoms with Crippen LogP contribution in [0.5, 0.6) is 0 Å². The summed E-state index contributed by atoms with van der Waals surface area (Å²) in [4.78, 5) is 29.9. The van der Waals surface area contributed by atoms with Gasteiger partial charge in [-0.3, -0.25) is 9.59 Å². The molecule has 10 heteroatoms. The summed E-state index contributed by atoms with van der Waals surface area (Å²) < 4.78 is 42.0. The minimum absolute atomic E-state index is 0.0683. The highest BCUT2D eigenvalue weighted by atomic mass is 19.4. The molecule has 2 aromatic rings. The number of carbonyl (C=O) groups is 1. The smallest absolute Gasteiger partial charge is 0.367 e. The lowest BCUT2D eigenvalue weighted by Gasteiger charge is -2.32. The number of fused-ring (bicyclic) bond motifs is 1. The number of H-pyrrole nitrogens is 1. The van der Waals surface area contributed by atoms with E-state index >= 15 is 0 Å². The van der Waals surface area contributed by atoms with E-state index in [1.54, 1.807) is 30.9 Å². The molecule has 0 radical (unpaired) electrons. The van der Waals surface area contributed by atoms with E-state index in [1.165, 1.54) is 0 Å². The first-order valence-electron chi connectivity index (χ1n) is 10.5. The summed E-state index contributed by atoms with van der Waals surface area (Å²) in [5, 5.41) is 7.42. The van der Waals surface area contributed by atoms with E-state index in [4.69, 9.17) is 0 Å². The normalized spacial score (nSPS) is 23.5. The SMILES string of the molecule is CC[C@@H]1C[C@H](C(F)(F)F)n2nc([C@H]3CCCN3C(=O)c3c(C)cc(C)[nH]c3=O)cc2N1. The fraction of sp³-hybridized carbons (Fsp3) is 0.571. The number of amides is 1. The van der Waals surface area contributed by atoms with E-state index in [0.717, 1.165) is 4.68 Å². The van der Waals surface area contributed by atoms with Crippen LogP contribution in [0.1, 0.15) is 72.0 Å². The number of aryl methyl sites for hydroxylation is 2. The van der Waals surface area contributed by atoms with Crippen LogP contribution in [0.4, 0.5) is 19.0 Å². The van der Waals surface area contributed by atoms with E-state index < -0.39 is 29.7 Å². The average molecular weight is 437 g/mol. The molecular formula is C21H26F3N5O2. The Kier molecular flexibility index (Phi) is 5.35. The number of anilines is 1. The Balaban J connectivity index is 1.69. The van der Waals surface area contributed by atoms with E-state index in [2.05, 4.69) is 15.4 Å². The van der Waals surface area contributed by atoms with Gasteiger partial charge < -0.3 is 15.2 Å². The van der Waals surface area contributed by atoms with E-state index in [9.17, 15) is 22.8 Å². The van der Waals surface area contributed by atoms with Crippen molar-refractivity contribution in [3.8, 4) is 0 Å². The second kappa shape index (κ2) is 7.72. The molecule has 2 aliphatic heterocycles. The zero-order valence-corrected chi connectivity index (χ0v) is 17.7. The third-order valence-corrected chi connectivity index (χ3v) is 6.21. The largest absolute Gasteiger partial charge is 0.410 e. The van der Waals surface area contributed by atoms with Crippen LogP contribution in [0.25, 0.3) is 0 Å². The molecule has 2 aromatic heterocycles. The molecular weight excluding hydrogens is 411 g/mol. The summed E-state index contributed by atoms with van der Waals surface area (Å²) in [6, 6.07) is 0.885. The summed E-state index contributed by atoms with van der Waals surface area (Å²) in [7, 11) is 0. The van der Waals surface area contributed by atoms with Crippen LogP contribution in [-0.2, 0) is 0 Å². The quantitative estimate of drug-likeness (QED) is 0.764. The topological polar surface area (TPSA) is 83.0 Å². The molecule has 0 aliphatic carbocycles. The van der Waals surface area contributed by atoms with Crippen LogP contribution in [0.3, 0.4) is 0 Å². The van der Waals surface area contributed by atoms with Crippen molar-refractivity contribution in [3.63, 3.8) is 0 Å². The lowest BCUT2D eigenvalue weighted by atomic mass is 10.0. The minimum atomic E-state index is -4.41. The number of aromatic amines is 1.